The van der Waals surface area contributed by atoms with Crippen molar-refractivity contribution in [3.63, 3.8) is 0 Å². The molecule has 2 rings (SSSR count). The van der Waals surface area contributed by atoms with E-state index in [-0.39, 0.29) is 0 Å². The molecular weight excluding hydrogens is 204 g/mol. The summed E-state index contributed by atoms with van der Waals surface area (Å²) >= 11 is 0. The van der Waals surface area contributed by atoms with E-state index >= 15 is 0 Å². The first-order valence-corrected chi connectivity index (χ1v) is 5.16. The van der Waals surface area contributed by atoms with E-state index in [1.54, 1.807) is 11.0 Å². The lowest BCUT2D eigenvalue weighted by Crippen LogP contribution is -2.09. The van der Waals surface area contributed by atoms with Gasteiger partial charge >= 0.3 is 0 Å². The van der Waals surface area contributed by atoms with Crippen molar-refractivity contribution in [3.8, 4) is 5.82 Å². The second kappa shape index (κ2) is 4.26. The Kier molecular flexibility index (Phi) is 2.80. The number of nitrogens with zero attached hydrogens (tertiary/aromatic N) is 5. The van der Waals surface area contributed by atoms with Gasteiger partial charge in [0.2, 0.25) is 0 Å². The Morgan fingerprint density at radius 2 is 2.19 bits per heavy atom. The average molecular weight is 218 g/mol. The molecule has 0 aromatic carbocycles. The van der Waals surface area contributed by atoms with Crippen molar-refractivity contribution in [2.45, 2.75) is 20.3 Å². The van der Waals surface area contributed by atoms with Crippen LogP contribution in [-0.4, -0.2) is 31.8 Å². The molecule has 2 aromatic heterocycles. The van der Waals surface area contributed by atoms with Gasteiger partial charge in [0, 0.05) is 19.0 Å². The lowest BCUT2D eigenvalue weighted by atomic mass is 10.3. The fraction of sp³-hybridized carbons (Fsp3) is 0.400. The standard InChI is InChI=1S/C10H14N6/c1-4-8-14-9(11-3)7(2)10(15-8)16-6-12-5-13-16/h5-6H,4H2,1-3H3,(H,11,14,15). The van der Waals surface area contributed by atoms with Crippen LogP contribution in [0.3, 0.4) is 0 Å². The van der Waals surface area contributed by atoms with Crippen molar-refractivity contribution in [1.82, 2.24) is 24.7 Å². The van der Waals surface area contributed by atoms with E-state index in [9.17, 15) is 0 Å². The van der Waals surface area contributed by atoms with Gasteiger partial charge in [-0.3, -0.25) is 0 Å². The predicted molar refractivity (Wildman–Crippen MR) is 60.6 cm³/mol. The van der Waals surface area contributed by atoms with Crippen LogP contribution in [0, 0.1) is 6.92 Å². The summed E-state index contributed by atoms with van der Waals surface area (Å²) in [5, 5.41) is 7.15. The van der Waals surface area contributed by atoms with Crippen LogP contribution in [0.25, 0.3) is 5.82 Å². The van der Waals surface area contributed by atoms with Gasteiger partial charge in [-0.15, -0.1) is 0 Å². The Balaban J connectivity index is 2.59. The Morgan fingerprint density at radius 3 is 2.75 bits per heavy atom. The van der Waals surface area contributed by atoms with Gasteiger partial charge in [-0.25, -0.2) is 19.6 Å². The minimum absolute atomic E-state index is 0.772. The van der Waals surface area contributed by atoms with Crippen LogP contribution in [0.1, 0.15) is 18.3 Å². The Labute approximate surface area is 93.8 Å². The van der Waals surface area contributed by atoms with Gasteiger partial charge in [0.05, 0.1) is 0 Å². The molecule has 6 heteroatoms. The van der Waals surface area contributed by atoms with Crippen molar-refractivity contribution in [1.29, 1.82) is 0 Å². The molecule has 6 nitrogen and oxygen atoms in total. The highest BCUT2D eigenvalue weighted by Crippen LogP contribution is 2.17. The Morgan fingerprint density at radius 1 is 1.38 bits per heavy atom. The van der Waals surface area contributed by atoms with E-state index in [0.29, 0.717) is 0 Å². The van der Waals surface area contributed by atoms with E-state index in [0.717, 1.165) is 29.4 Å². The minimum Gasteiger partial charge on any atom is -0.373 e. The third-order valence-corrected chi connectivity index (χ3v) is 2.36. The van der Waals surface area contributed by atoms with Crippen molar-refractivity contribution in [2.24, 2.45) is 0 Å². The lowest BCUT2D eigenvalue weighted by Gasteiger charge is -2.10. The Hall–Kier alpha value is -1.98. The van der Waals surface area contributed by atoms with Crippen molar-refractivity contribution >= 4 is 5.82 Å². The molecule has 0 saturated carbocycles. The van der Waals surface area contributed by atoms with E-state index < -0.39 is 0 Å². The maximum Gasteiger partial charge on any atom is 0.163 e. The molecule has 0 saturated heterocycles. The third kappa shape index (κ3) is 1.73. The number of hydrogen-bond donors (Lipinski definition) is 1. The molecular formula is C10H14N6. The Bertz CT molecular complexity index is 476. The molecule has 0 amide bonds. The average Bonchev–Trinajstić information content (AvgIpc) is 2.83. The van der Waals surface area contributed by atoms with Crippen LogP contribution in [0.4, 0.5) is 5.82 Å². The first-order valence-electron chi connectivity index (χ1n) is 5.16. The molecule has 0 aliphatic heterocycles. The zero-order valence-electron chi connectivity index (χ0n) is 9.60. The summed E-state index contributed by atoms with van der Waals surface area (Å²) in [6.07, 6.45) is 3.91. The highest BCUT2D eigenvalue weighted by molar-refractivity contribution is 5.50. The second-order valence-corrected chi connectivity index (χ2v) is 3.38. The smallest absolute Gasteiger partial charge is 0.163 e. The molecule has 84 valence electrons. The number of nitrogens with one attached hydrogen (secondary N) is 1. The number of hydrogen-bond acceptors (Lipinski definition) is 5. The maximum atomic E-state index is 4.45. The normalized spacial score (nSPS) is 10.4. The summed E-state index contributed by atoms with van der Waals surface area (Å²) < 4.78 is 1.65. The fourth-order valence-electron chi connectivity index (χ4n) is 1.49. The highest BCUT2D eigenvalue weighted by Gasteiger charge is 2.11. The van der Waals surface area contributed by atoms with Gasteiger partial charge in [-0.2, -0.15) is 5.10 Å². The van der Waals surface area contributed by atoms with E-state index in [2.05, 4.69) is 25.4 Å². The largest absolute Gasteiger partial charge is 0.373 e. The fourth-order valence-corrected chi connectivity index (χ4v) is 1.49. The number of rotatable bonds is 3. The molecule has 0 aliphatic carbocycles. The zero-order chi connectivity index (χ0) is 11.5. The monoisotopic (exact) mass is 218 g/mol. The van der Waals surface area contributed by atoms with E-state index in [1.807, 2.05) is 20.9 Å². The van der Waals surface area contributed by atoms with Crippen LogP contribution < -0.4 is 5.32 Å². The van der Waals surface area contributed by atoms with Crippen LogP contribution in [0.15, 0.2) is 12.7 Å². The lowest BCUT2D eigenvalue weighted by molar-refractivity contribution is 0.803. The summed E-state index contributed by atoms with van der Waals surface area (Å²) in [4.78, 5) is 12.8. The van der Waals surface area contributed by atoms with Gasteiger partial charge < -0.3 is 5.32 Å². The molecule has 2 heterocycles. The van der Waals surface area contributed by atoms with Crippen LogP contribution >= 0.6 is 0 Å². The molecule has 1 N–H and O–H groups in total. The highest BCUT2D eigenvalue weighted by atomic mass is 15.3. The molecule has 0 radical (unpaired) electrons. The van der Waals surface area contributed by atoms with E-state index in [1.165, 1.54) is 6.33 Å². The molecule has 0 spiro atoms. The summed E-state index contributed by atoms with van der Waals surface area (Å²) in [6, 6.07) is 0. The zero-order valence-corrected chi connectivity index (χ0v) is 9.60. The van der Waals surface area contributed by atoms with Crippen molar-refractivity contribution in [3.05, 3.63) is 24.0 Å². The van der Waals surface area contributed by atoms with Crippen molar-refractivity contribution < 1.29 is 0 Å². The maximum absolute atomic E-state index is 4.45. The summed E-state index contributed by atoms with van der Waals surface area (Å²) in [6.45, 7) is 3.98. The van der Waals surface area contributed by atoms with Gasteiger partial charge in [-0.05, 0) is 6.92 Å². The summed E-state index contributed by atoms with van der Waals surface area (Å²) in [7, 11) is 1.85. The predicted octanol–water partition coefficient (Wildman–Crippen LogP) is 0.970. The number of anilines is 1. The van der Waals surface area contributed by atoms with Gasteiger partial charge in [0.1, 0.15) is 24.3 Å². The second-order valence-electron chi connectivity index (χ2n) is 3.38. The van der Waals surface area contributed by atoms with Gasteiger partial charge in [-0.1, -0.05) is 6.92 Å². The first kappa shape index (κ1) is 10.5. The molecule has 16 heavy (non-hydrogen) atoms. The summed E-state index contributed by atoms with van der Waals surface area (Å²) in [5.74, 6) is 2.39. The van der Waals surface area contributed by atoms with E-state index in [4.69, 9.17) is 0 Å². The number of aromatic nitrogens is 5. The molecule has 0 bridgehead atoms. The van der Waals surface area contributed by atoms with Crippen molar-refractivity contribution in [2.75, 3.05) is 12.4 Å². The molecule has 0 aliphatic rings. The van der Waals surface area contributed by atoms with Gasteiger partial charge in [0.25, 0.3) is 0 Å². The quantitative estimate of drug-likeness (QED) is 0.831. The number of aryl methyl sites for hydroxylation is 1. The molecule has 0 atom stereocenters. The molecule has 0 fully saturated rings. The minimum atomic E-state index is 0.772. The SMILES string of the molecule is CCc1nc(NC)c(C)c(-n2cncn2)n1. The summed E-state index contributed by atoms with van der Waals surface area (Å²) in [5.41, 5.74) is 0.963. The van der Waals surface area contributed by atoms with Crippen LogP contribution in [0.5, 0.6) is 0 Å². The first-order chi connectivity index (χ1) is 7.76. The van der Waals surface area contributed by atoms with Crippen LogP contribution in [-0.2, 0) is 6.42 Å². The van der Waals surface area contributed by atoms with Gasteiger partial charge in [0.15, 0.2) is 5.82 Å². The van der Waals surface area contributed by atoms with Crippen LogP contribution in [0.2, 0.25) is 0 Å². The molecule has 2 aromatic rings. The third-order valence-electron chi connectivity index (χ3n) is 2.36. The molecule has 0 unspecified atom stereocenters. The topological polar surface area (TPSA) is 68.5 Å².